The summed E-state index contributed by atoms with van der Waals surface area (Å²) in [5.41, 5.74) is 0. The average Bonchev–Trinajstić information content (AvgIpc) is 2.44. The Morgan fingerprint density at radius 3 is 2.53 bits per heavy atom. The third kappa shape index (κ3) is 3.84. The normalized spacial score (nSPS) is 22.2. The standard InChI is InChI=1S/C10H14INO4S/c1-5(2)10(15)16-12-8(13)4-7(9(12)14)17-6(3)11/h5-7H,4H2,1-3H3. The summed E-state index contributed by atoms with van der Waals surface area (Å²) in [6.07, 6.45) is 0.0994. The van der Waals surface area contributed by atoms with Crippen molar-refractivity contribution in [3.8, 4) is 0 Å². The molecule has 2 unspecified atom stereocenters. The fraction of sp³-hybridized carbons (Fsp3) is 0.700. The summed E-state index contributed by atoms with van der Waals surface area (Å²) in [5.74, 6) is -1.82. The summed E-state index contributed by atoms with van der Waals surface area (Å²) >= 11 is 3.56. The van der Waals surface area contributed by atoms with Crippen LogP contribution in [0.4, 0.5) is 0 Å². The number of amides is 2. The number of thioether (sulfide) groups is 1. The predicted octanol–water partition coefficient (Wildman–Crippen LogP) is 1.74. The molecule has 0 aromatic heterocycles. The van der Waals surface area contributed by atoms with Crippen molar-refractivity contribution in [3.05, 3.63) is 0 Å². The highest BCUT2D eigenvalue weighted by molar-refractivity contribution is 14.1. The van der Waals surface area contributed by atoms with Crippen molar-refractivity contribution in [2.45, 2.75) is 35.7 Å². The highest BCUT2D eigenvalue weighted by Gasteiger charge is 2.42. The number of carbonyl (C=O) groups is 3. The van der Waals surface area contributed by atoms with Gasteiger partial charge in [0.1, 0.15) is 0 Å². The number of hydroxylamine groups is 2. The molecule has 1 fully saturated rings. The third-order valence-corrected chi connectivity index (χ3v) is 4.02. The second-order valence-corrected chi connectivity index (χ2v) is 8.23. The van der Waals surface area contributed by atoms with Gasteiger partial charge in [-0.25, -0.2) is 4.79 Å². The zero-order valence-corrected chi connectivity index (χ0v) is 12.8. The summed E-state index contributed by atoms with van der Waals surface area (Å²) in [5, 5.41) is 0.174. The monoisotopic (exact) mass is 371 g/mol. The van der Waals surface area contributed by atoms with E-state index in [-0.39, 0.29) is 15.6 Å². The first kappa shape index (κ1) is 14.7. The van der Waals surface area contributed by atoms with Gasteiger partial charge in [0, 0.05) is 0 Å². The predicted molar refractivity (Wildman–Crippen MR) is 72.3 cm³/mol. The Hall–Kier alpha value is -0.310. The zero-order chi connectivity index (χ0) is 13.2. The number of imide groups is 1. The first-order valence-electron chi connectivity index (χ1n) is 5.21. The fourth-order valence-electron chi connectivity index (χ4n) is 1.21. The van der Waals surface area contributed by atoms with Gasteiger partial charge in [-0.3, -0.25) is 9.59 Å². The zero-order valence-electron chi connectivity index (χ0n) is 9.81. The molecular formula is C10H14INO4S. The average molecular weight is 371 g/mol. The number of halogens is 1. The number of rotatable bonds is 4. The van der Waals surface area contributed by atoms with Crippen molar-refractivity contribution in [2.75, 3.05) is 0 Å². The molecule has 0 bridgehead atoms. The largest absolute Gasteiger partial charge is 0.335 e. The minimum Gasteiger partial charge on any atom is -0.330 e. The summed E-state index contributed by atoms with van der Waals surface area (Å²) < 4.78 is 0.218. The Balaban J connectivity index is 2.66. The van der Waals surface area contributed by atoms with Crippen molar-refractivity contribution in [2.24, 2.45) is 5.92 Å². The minimum atomic E-state index is -0.570. The molecule has 17 heavy (non-hydrogen) atoms. The molecule has 0 aliphatic carbocycles. The van der Waals surface area contributed by atoms with E-state index in [0.717, 1.165) is 0 Å². The SMILES string of the molecule is CC(I)SC1CC(=O)N(OC(=O)C(C)C)C1=O. The van der Waals surface area contributed by atoms with Crippen LogP contribution in [0.25, 0.3) is 0 Å². The van der Waals surface area contributed by atoms with E-state index >= 15 is 0 Å². The molecule has 1 aliphatic rings. The molecule has 0 N–H and O–H groups in total. The van der Waals surface area contributed by atoms with E-state index in [1.807, 2.05) is 6.92 Å². The lowest BCUT2D eigenvalue weighted by Crippen LogP contribution is -2.35. The van der Waals surface area contributed by atoms with E-state index in [0.29, 0.717) is 5.06 Å². The molecule has 1 rings (SSSR count). The third-order valence-electron chi connectivity index (χ3n) is 2.07. The van der Waals surface area contributed by atoms with Gasteiger partial charge in [0.05, 0.1) is 20.8 Å². The molecule has 2 atom stereocenters. The highest BCUT2D eigenvalue weighted by atomic mass is 127. The molecule has 96 valence electrons. The van der Waals surface area contributed by atoms with Crippen LogP contribution >= 0.6 is 34.4 Å². The first-order valence-corrected chi connectivity index (χ1v) is 7.40. The smallest absolute Gasteiger partial charge is 0.330 e. The van der Waals surface area contributed by atoms with E-state index in [4.69, 9.17) is 4.84 Å². The topological polar surface area (TPSA) is 63.7 Å². The molecule has 2 amide bonds. The molecule has 0 radical (unpaired) electrons. The van der Waals surface area contributed by atoms with Crippen LogP contribution in [0.15, 0.2) is 0 Å². The second kappa shape index (κ2) is 6.03. The number of hydrogen-bond acceptors (Lipinski definition) is 5. The van der Waals surface area contributed by atoms with Gasteiger partial charge in [-0.05, 0) is 6.92 Å². The quantitative estimate of drug-likeness (QED) is 0.428. The van der Waals surface area contributed by atoms with Gasteiger partial charge in [-0.1, -0.05) is 36.4 Å². The maximum Gasteiger partial charge on any atom is 0.335 e. The van der Waals surface area contributed by atoms with Crippen LogP contribution < -0.4 is 0 Å². The lowest BCUT2D eigenvalue weighted by molar-refractivity contribution is -0.199. The fourth-order valence-corrected chi connectivity index (χ4v) is 3.17. The molecule has 5 nitrogen and oxygen atoms in total. The highest BCUT2D eigenvalue weighted by Crippen LogP contribution is 2.31. The van der Waals surface area contributed by atoms with Crippen molar-refractivity contribution in [1.29, 1.82) is 0 Å². The van der Waals surface area contributed by atoms with Crippen LogP contribution in [0.1, 0.15) is 27.2 Å². The molecule has 7 heteroatoms. The van der Waals surface area contributed by atoms with E-state index in [1.54, 1.807) is 13.8 Å². The molecule has 0 aromatic carbocycles. The van der Waals surface area contributed by atoms with Crippen molar-refractivity contribution in [1.82, 2.24) is 5.06 Å². The Bertz CT molecular complexity index is 345. The summed E-state index contributed by atoms with van der Waals surface area (Å²) in [7, 11) is 0. The summed E-state index contributed by atoms with van der Waals surface area (Å²) in [6, 6.07) is 0. The van der Waals surface area contributed by atoms with Crippen LogP contribution in [-0.4, -0.2) is 31.4 Å². The lowest BCUT2D eigenvalue weighted by Gasteiger charge is -2.15. The molecule has 0 aromatic rings. The van der Waals surface area contributed by atoms with Gasteiger partial charge in [0.2, 0.25) is 0 Å². The van der Waals surface area contributed by atoms with Gasteiger partial charge >= 0.3 is 5.97 Å². The summed E-state index contributed by atoms with van der Waals surface area (Å²) in [4.78, 5) is 39.5. The van der Waals surface area contributed by atoms with Crippen LogP contribution in [0, 0.1) is 5.92 Å². The molecule has 1 aliphatic heterocycles. The Morgan fingerprint density at radius 1 is 1.47 bits per heavy atom. The molecule has 1 heterocycles. The van der Waals surface area contributed by atoms with E-state index in [1.165, 1.54) is 11.8 Å². The van der Waals surface area contributed by atoms with Crippen molar-refractivity contribution < 1.29 is 19.2 Å². The van der Waals surface area contributed by atoms with Crippen LogP contribution in [0.5, 0.6) is 0 Å². The number of carbonyl (C=O) groups excluding carboxylic acids is 3. The van der Waals surface area contributed by atoms with Gasteiger partial charge in [0.25, 0.3) is 11.8 Å². The molecule has 0 spiro atoms. The van der Waals surface area contributed by atoms with Gasteiger partial charge in [0.15, 0.2) is 0 Å². The number of hydrogen-bond donors (Lipinski definition) is 0. The maximum atomic E-state index is 11.8. The Morgan fingerprint density at radius 2 is 2.06 bits per heavy atom. The van der Waals surface area contributed by atoms with Crippen molar-refractivity contribution in [3.63, 3.8) is 0 Å². The Kier molecular flexibility index (Phi) is 5.23. The minimum absolute atomic E-state index is 0.0994. The summed E-state index contributed by atoms with van der Waals surface area (Å²) in [6.45, 7) is 5.23. The molecule has 0 saturated carbocycles. The Labute approximate surface area is 118 Å². The van der Waals surface area contributed by atoms with Gasteiger partial charge in [-0.15, -0.1) is 16.8 Å². The van der Waals surface area contributed by atoms with E-state index in [9.17, 15) is 14.4 Å². The molecule has 1 saturated heterocycles. The maximum absolute atomic E-state index is 11.8. The number of nitrogens with zero attached hydrogens (tertiary/aromatic N) is 1. The van der Waals surface area contributed by atoms with E-state index < -0.39 is 23.0 Å². The van der Waals surface area contributed by atoms with Crippen LogP contribution in [0.2, 0.25) is 0 Å². The van der Waals surface area contributed by atoms with Crippen LogP contribution in [-0.2, 0) is 19.2 Å². The van der Waals surface area contributed by atoms with Gasteiger partial charge in [-0.2, -0.15) is 0 Å². The van der Waals surface area contributed by atoms with Crippen LogP contribution in [0.3, 0.4) is 0 Å². The lowest BCUT2D eigenvalue weighted by atomic mass is 10.2. The van der Waals surface area contributed by atoms with Gasteiger partial charge < -0.3 is 4.84 Å². The molecular weight excluding hydrogens is 357 g/mol. The van der Waals surface area contributed by atoms with E-state index in [2.05, 4.69) is 22.6 Å². The number of alkyl halides is 1. The second-order valence-electron chi connectivity index (χ2n) is 3.96. The van der Waals surface area contributed by atoms with Crippen molar-refractivity contribution >= 4 is 52.1 Å². The first-order chi connectivity index (χ1) is 7.82.